The fraction of sp³-hybridized carbons (Fsp3) is 0.500. The summed E-state index contributed by atoms with van der Waals surface area (Å²) in [5.74, 6) is 2.01. The number of anilines is 2. The van der Waals surface area contributed by atoms with Crippen molar-refractivity contribution in [3.05, 3.63) is 47.2 Å². The highest BCUT2D eigenvalue weighted by Gasteiger charge is 2.28. The van der Waals surface area contributed by atoms with Crippen LogP contribution in [0.4, 0.5) is 11.8 Å². The lowest BCUT2D eigenvalue weighted by atomic mass is 9.91. The summed E-state index contributed by atoms with van der Waals surface area (Å²) in [6, 6.07) is 11.3. The van der Waals surface area contributed by atoms with Crippen LogP contribution in [0.1, 0.15) is 42.0 Å². The molecule has 25 heavy (non-hydrogen) atoms. The molecule has 0 saturated carbocycles. The molecule has 1 saturated heterocycles. The third-order valence-corrected chi connectivity index (χ3v) is 5.67. The normalized spacial score (nSPS) is 23.3. The van der Waals surface area contributed by atoms with Crippen molar-refractivity contribution in [3.8, 4) is 0 Å². The lowest BCUT2D eigenvalue weighted by molar-refractivity contribution is 0.608. The Kier molecular flexibility index (Phi) is 4.57. The van der Waals surface area contributed by atoms with E-state index < -0.39 is 0 Å². The molecule has 2 aromatic rings. The van der Waals surface area contributed by atoms with Gasteiger partial charge in [0.25, 0.3) is 0 Å². The minimum atomic E-state index is 0.412. The van der Waals surface area contributed by atoms with Crippen molar-refractivity contribution in [1.82, 2.24) is 15.3 Å². The molecule has 0 bridgehead atoms. The molecule has 132 valence electrons. The first-order valence-electron chi connectivity index (χ1n) is 9.37. The van der Waals surface area contributed by atoms with Crippen LogP contribution in [0.25, 0.3) is 0 Å². The maximum absolute atomic E-state index is 6.09. The lowest BCUT2D eigenvalue weighted by Crippen LogP contribution is -2.30. The average Bonchev–Trinajstić information content (AvgIpc) is 3.02. The number of nitrogens with two attached hydrogens (primary N) is 1. The SMILES string of the molecule is CN[C@@H]1CCN(c2nc(N)nc3c2CCCC(c2ccccc2)C3)C1. The van der Waals surface area contributed by atoms with Crippen molar-refractivity contribution in [3.63, 3.8) is 0 Å². The van der Waals surface area contributed by atoms with E-state index in [1.807, 2.05) is 7.05 Å². The van der Waals surface area contributed by atoms with Crippen molar-refractivity contribution in [2.75, 3.05) is 30.8 Å². The van der Waals surface area contributed by atoms with Gasteiger partial charge in [-0.05, 0) is 50.6 Å². The van der Waals surface area contributed by atoms with Gasteiger partial charge in [0.05, 0.1) is 5.69 Å². The molecule has 1 aromatic carbocycles. The maximum Gasteiger partial charge on any atom is 0.222 e. The standard InChI is InChI=1S/C20H27N5/c1-22-16-10-11-25(13-16)19-17-9-5-8-15(14-6-3-2-4-7-14)12-18(17)23-20(21)24-19/h2-4,6-7,15-16,22H,5,8-13H2,1H3,(H2,21,23,24)/t15?,16-/m1/s1. The lowest BCUT2D eigenvalue weighted by Gasteiger charge is -2.22. The zero-order valence-electron chi connectivity index (χ0n) is 14.9. The summed E-state index contributed by atoms with van der Waals surface area (Å²) in [6.07, 6.45) is 5.54. The molecule has 2 heterocycles. The van der Waals surface area contributed by atoms with Gasteiger partial charge in [0.2, 0.25) is 5.95 Å². The summed E-state index contributed by atoms with van der Waals surface area (Å²) >= 11 is 0. The number of hydrogen-bond acceptors (Lipinski definition) is 5. The monoisotopic (exact) mass is 337 g/mol. The van der Waals surface area contributed by atoms with E-state index in [1.165, 1.54) is 24.0 Å². The first-order chi connectivity index (χ1) is 12.2. The van der Waals surface area contributed by atoms with Crippen LogP contribution in [-0.2, 0) is 12.8 Å². The summed E-state index contributed by atoms with van der Waals surface area (Å²) in [5.41, 5.74) is 9.97. The van der Waals surface area contributed by atoms with Gasteiger partial charge in [0.15, 0.2) is 0 Å². The molecular formula is C20H27N5. The molecule has 0 radical (unpaired) electrons. The summed E-state index contributed by atoms with van der Waals surface area (Å²) in [5, 5.41) is 3.38. The summed E-state index contributed by atoms with van der Waals surface area (Å²) in [7, 11) is 2.04. The van der Waals surface area contributed by atoms with Crippen molar-refractivity contribution in [2.45, 2.75) is 44.1 Å². The Morgan fingerprint density at radius 3 is 2.76 bits per heavy atom. The number of aromatic nitrogens is 2. The molecule has 2 atom stereocenters. The molecule has 4 rings (SSSR count). The van der Waals surface area contributed by atoms with E-state index in [9.17, 15) is 0 Å². The molecule has 5 nitrogen and oxygen atoms in total. The number of nitrogen functional groups attached to an aromatic ring is 1. The van der Waals surface area contributed by atoms with Gasteiger partial charge in [0, 0.05) is 24.7 Å². The number of nitrogens with one attached hydrogen (secondary N) is 1. The van der Waals surface area contributed by atoms with E-state index in [0.717, 1.165) is 43.9 Å². The Bertz CT molecular complexity index is 730. The highest BCUT2D eigenvalue weighted by atomic mass is 15.2. The van der Waals surface area contributed by atoms with Crippen LogP contribution in [0.3, 0.4) is 0 Å². The topological polar surface area (TPSA) is 67.1 Å². The molecule has 3 N–H and O–H groups in total. The number of fused-ring (bicyclic) bond motifs is 1. The zero-order chi connectivity index (χ0) is 17.2. The largest absolute Gasteiger partial charge is 0.368 e. The fourth-order valence-corrected chi connectivity index (χ4v) is 4.28. The molecule has 0 spiro atoms. The van der Waals surface area contributed by atoms with E-state index in [4.69, 9.17) is 5.73 Å². The molecular weight excluding hydrogens is 310 g/mol. The number of hydrogen-bond donors (Lipinski definition) is 2. The van der Waals surface area contributed by atoms with Gasteiger partial charge in [-0.2, -0.15) is 4.98 Å². The summed E-state index contributed by atoms with van der Waals surface area (Å²) in [6.45, 7) is 2.04. The highest BCUT2D eigenvalue weighted by molar-refractivity contribution is 5.54. The Hall–Kier alpha value is -2.14. The first kappa shape index (κ1) is 16.3. The second-order valence-electron chi connectivity index (χ2n) is 7.25. The Balaban J connectivity index is 1.66. The quantitative estimate of drug-likeness (QED) is 0.843. The fourth-order valence-electron chi connectivity index (χ4n) is 4.28. The predicted molar refractivity (Wildman–Crippen MR) is 102 cm³/mol. The van der Waals surface area contributed by atoms with E-state index >= 15 is 0 Å². The molecule has 0 amide bonds. The van der Waals surface area contributed by atoms with Crippen molar-refractivity contribution in [1.29, 1.82) is 0 Å². The van der Waals surface area contributed by atoms with Gasteiger partial charge in [-0.15, -0.1) is 0 Å². The predicted octanol–water partition coefficient (Wildman–Crippen LogP) is 2.52. The van der Waals surface area contributed by atoms with Crippen molar-refractivity contribution >= 4 is 11.8 Å². The van der Waals surface area contributed by atoms with Crippen LogP contribution in [0.15, 0.2) is 30.3 Å². The number of rotatable bonds is 3. The van der Waals surface area contributed by atoms with Gasteiger partial charge in [-0.3, -0.25) is 0 Å². The van der Waals surface area contributed by atoms with E-state index in [2.05, 4.69) is 50.5 Å². The van der Waals surface area contributed by atoms with Gasteiger partial charge < -0.3 is 16.0 Å². The molecule has 5 heteroatoms. The highest BCUT2D eigenvalue weighted by Crippen LogP contribution is 2.35. The molecule has 1 aliphatic carbocycles. The summed E-state index contributed by atoms with van der Waals surface area (Å²) in [4.78, 5) is 11.7. The molecule has 1 aromatic heterocycles. The Morgan fingerprint density at radius 1 is 1.16 bits per heavy atom. The molecule has 2 aliphatic rings. The van der Waals surface area contributed by atoms with Crippen molar-refractivity contribution in [2.24, 2.45) is 0 Å². The van der Waals surface area contributed by atoms with E-state index in [1.54, 1.807) is 0 Å². The third-order valence-electron chi connectivity index (χ3n) is 5.67. The number of nitrogens with zero attached hydrogens (tertiary/aromatic N) is 3. The van der Waals surface area contributed by atoms with Gasteiger partial charge >= 0.3 is 0 Å². The third kappa shape index (κ3) is 3.33. The zero-order valence-corrected chi connectivity index (χ0v) is 14.9. The maximum atomic E-state index is 6.09. The van der Waals surface area contributed by atoms with Gasteiger partial charge in [-0.25, -0.2) is 4.98 Å². The van der Waals surface area contributed by atoms with Gasteiger partial charge in [-0.1, -0.05) is 30.3 Å². The minimum Gasteiger partial charge on any atom is -0.368 e. The Morgan fingerprint density at radius 2 is 2.00 bits per heavy atom. The van der Waals surface area contributed by atoms with Crippen molar-refractivity contribution < 1.29 is 0 Å². The van der Waals surface area contributed by atoms with Crippen LogP contribution in [0, 0.1) is 0 Å². The number of likely N-dealkylation sites (N-methyl/N-ethyl adjacent to an activating group) is 1. The van der Waals surface area contributed by atoms with Crippen LogP contribution in [-0.4, -0.2) is 36.1 Å². The van der Waals surface area contributed by atoms with E-state index in [-0.39, 0.29) is 0 Å². The second kappa shape index (κ2) is 7.00. The minimum absolute atomic E-state index is 0.412. The van der Waals surface area contributed by atoms with Crippen LogP contribution >= 0.6 is 0 Å². The average molecular weight is 337 g/mol. The number of benzene rings is 1. The molecule has 1 unspecified atom stereocenters. The van der Waals surface area contributed by atoms with Crippen LogP contribution in [0.5, 0.6) is 0 Å². The van der Waals surface area contributed by atoms with Gasteiger partial charge in [0.1, 0.15) is 5.82 Å². The summed E-state index contributed by atoms with van der Waals surface area (Å²) < 4.78 is 0. The molecule has 1 aliphatic heterocycles. The second-order valence-corrected chi connectivity index (χ2v) is 7.25. The van der Waals surface area contributed by atoms with E-state index in [0.29, 0.717) is 17.9 Å². The first-order valence-corrected chi connectivity index (χ1v) is 9.37. The van der Waals surface area contributed by atoms with Crippen LogP contribution in [0.2, 0.25) is 0 Å². The van der Waals surface area contributed by atoms with Crippen LogP contribution < -0.4 is 16.0 Å². The molecule has 1 fully saturated rings. The Labute approximate surface area is 149 Å². The smallest absolute Gasteiger partial charge is 0.222 e.